The molecule has 35 heavy (non-hydrogen) atoms. The predicted octanol–water partition coefficient (Wildman–Crippen LogP) is 6.40. The van der Waals surface area contributed by atoms with Crippen LogP contribution in [-0.2, 0) is 17.5 Å². The first-order chi connectivity index (χ1) is 16.8. The molecule has 2 aromatic heterocycles. The molecule has 1 fully saturated rings. The highest BCUT2D eigenvalue weighted by Gasteiger charge is 2.34. The number of halogens is 4. The molecule has 2 aromatic carbocycles. The Balaban J connectivity index is 1.22. The van der Waals surface area contributed by atoms with E-state index in [1.54, 1.807) is 6.07 Å². The molecule has 4 aromatic rings. The lowest BCUT2D eigenvalue weighted by Crippen LogP contribution is -2.41. The topological polar surface area (TPSA) is 59.0 Å². The second kappa shape index (κ2) is 9.41. The SMILES string of the molecule is O=C(Cn1ccc2ccccc21)NC1CCC(Nc2cc(C(F)(F)F)nc3ccc(Cl)cc23)CC1. The second-order valence-electron chi connectivity index (χ2n) is 8.98. The number of aromatic nitrogens is 2. The molecule has 9 heteroatoms. The molecule has 2 heterocycles. The van der Waals surface area contributed by atoms with Gasteiger partial charge in [0.05, 0.1) is 5.52 Å². The molecular formula is C26H24ClF3N4O. The van der Waals surface area contributed by atoms with Gasteiger partial charge in [0, 0.05) is 39.9 Å². The molecule has 5 nitrogen and oxygen atoms in total. The summed E-state index contributed by atoms with van der Waals surface area (Å²) in [5, 5.41) is 8.47. The summed E-state index contributed by atoms with van der Waals surface area (Å²) < 4.78 is 42.1. The largest absolute Gasteiger partial charge is 0.433 e. The molecule has 0 unspecified atom stereocenters. The van der Waals surface area contributed by atoms with Crippen LogP contribution >= 0.6 is 11.6 Å². The summed E-state index contributed by atoms with van der Waals surface area (Å²) >= 11 is 6.09. The number of carbonyl (C=O) groups is 1. The van der Waals surface area contributed by atoms with Crippen molar-refractivity contribution in [3.8, 4) is 0 Å². The van der Waals surface area contributed by atoms with E-state index in [4.69, 9.17) is 11.6 Å². The van der Waals surface area contributed by atoms with E-state index in [-0.39, 0.29) is 30.1 Å². The van der Waals surface area contributed by atoms with Crippen LogP contribution in [-0.4, -0.2) is 27.5 Å². The summed E-state index contributed by atoms with van der Waals surface area (Å²) in [4.78, 5) is 16.4. The van der Waals surface area contributed by atoms with Crippen LogP contribution in [0.1, 0.15) is 31.4 Å². The van der Waals surface area contributed by atoms with Crippen molar-refractivity contribution in [3.63, 3.8) is 0 Å². The van der Waals surface area contributed by atoms with Gasteiger partial charge in [0.25, 0.3) is 0 Å². The fourth-order valence-corrected chi connectivity index (χ4v) is 4.94. The Morgan fingerprint density at radius 3 is 2.54 bits per heavy atom. The number of pyridine rings is 1. The molecule has 1 amide bonds. The Labute approximate surface area is 205 Å². The van der Waals surface area contributed by atoms with Gasteiger partial charge in [-0.1, -0.05) is 29.8 Å². The van der Waals surface area contributed by atoms with E-state index in [0.717, 1.165) is 42.7 Å². The molecule has 182 valence electrons. The molecule has 1 aliphatic rings. The second-order valence-corrected chi connectivity index (χ2v) is 9.41. The number of carbonyl (C=O) groups excluding carboxylic acids is 1. The van der Waals surface area contributed by atoms with Crippen LogP contribution in [0.15, 0.2) is 60.8 Å². The van der Waals surface area contributed by atoms with Crippen molar-refractivity contribution in [1.29, 1.82) is 0 Å². The van der Waals surface area contributed by atoms with Gasteiger partial charge in [-0.25, -0.2) is 4.98 Å². The van der Waals surface area contributed by atoms with Gasteiger partial charge in [0.15, 0.2) is 0 Å². The number of benzene rings is 2. The van der Waals surface area contributed by atoms with Gasteiger partial charge in [-0.05, 0) is 67.5 Å². The van der Waals surface area contributed by atoms with Crippen LogP contribution < -0.4 is 10.6 Å². The summed E-state index contributed by atoms with van der Waals surface area (Å²) in [5.74, 6) is -0.0487. The van der Waals surface area contributed by atoms with Crippen molar-refractivity contribution in [2.75, 3.05) is 5.32 Å². The van der Waals surface area contributed by atoms with Gasteiger partial charge in [-0.15, -0.1) is 0 Å². The minimum absolute atomic E-state index is 0.0118. The third-order valence-electron chi connectivity index (χ3n) is 6.51. The van der Waals surface area contributed by atoms with Gasteiger partial charge < -0.3 is 15.2 Å². The van der Waals surface area contributed by atoms with Crippen LogP contribution in [0.2, 0.25) is 5.02 Å². The zero-order chi connectivity index (χ0) is 24.6. The predicted molar refractivity (Wildman–Crippen MR) is 132 cm³/mol. The van der Waals surface area contributed by atoms with E-state index in [2.05, 4.69) is 15.6 Å². The highest BCUT2D eigenvalue weighted by Crippen LogP contribution is 2.35. The molecule has 1 aliphatic carbocycles. The number of rotatable bonds is 5. The lowest BCUT2D eigenvalue weighted by atomic mass is 9.90. The number of fused-ring (bicyclic) bond motifs is 2. The summed E-state index contributed by atoms with van der Waals surface area (Å²) in [7, 11) is 0. The van der Waals surface area contributed by atoms with Crippen molar-refractivity contribution in [3.05, 3.63) is 71.5 Å². The zero-order valence-corrected chi connectivity index (χ0v) is 19.5. The van der Waals surface area contributed by atoms with E-state index < -0.39 is 11.9 Å². The summed E-state index contributed by atoms with van der Waals surface area (Å²) in [5.41, 5.74) is 0.689. The summed E-state index contributed by atoms with van der Waals surface area (Å²) in [6, 6.07) is 15.6. The van der Waals surface area contributed by atoms with Crippen LogP contribution in [0.3, 0.4) is 0 Å². The number of hydrogen-bond acceptors (Lipinski definition) is 3. The van der Waals surface area contributed by atoms with E-state index in [9.17, 15) is 18.0 Å². The molecule has 0 aliphatic heterocycles. The van der Waals surface area contributed by atoms with Crippen LogP contribution in [0.25, 0.3) is 21.8 Å². The van der Waals surface area contributed by atoms with E-state index in [1.165, 1.54) is 12.1 Å². The summed E-state index contributed by atoms with van der Waals surface area (Å²) in [6.45, 7) is 0.246. The molecule has 0 spiro atoms. The number of alkyl halides is 3. The van der Waals surface area contributed by atoms with Crippen molar-refractivity contribution >= 4 is 45.0 Å². The number of anilines is 1. The molecule has 0 saturated heterocycles. The maximum absolute atomic E-state index is 13.4. The molecule has 2 N–H and O–H groups in total. The maximum atomic E-state index is 13.4. The quantitative estimate of drug-likeness (QED) is 0.333. The minimum Gasteiger partial charge on any atom is -0.382 e. The van der Waals surface area contributed by atoms with Crippen LogP contribution in [0, 0.1) is 0 Å². The van der Waals surface area contributed by atoms with Gasteiger partial charge >= 0.3 is 6.18 Å². The third kappa shape index (κ3) is 5.22. The van der Waals surface area contributed by atoms with Crippen molar-refractivity contribution in [2.24, 2.45) is 0 Å². The van der Waals surface area contributed by atoms with Gasteiger partial charge in [-0.3, -0.25) is 4.79 Å². The number of amides is 1. The minimum atomic E-state index is -4.54. The van der Waals surface area contributed by atoms with Crippen LogP contribution in [0.5, 0.6) is 0 Å². The fourth-order valence-electron chi connectivity index (χ4n) is 4.77. The van der Waals surface area contributed by atoms with Gasteiger partial charge in [0.2, 0.25) is 5.91 Å². The standard InChI is InChI=1S/C26H24ClF3N4O/c27-17-5-10-21-20(13-17)22(14-24(33-21)26(28,29)30)31-18-6-8-19(9-7-18)32-25(35)15-34-12-11-16-3-1-2-4-23(16)34/h1-5,10-14,18-19H,6-9,15H2,(H,31,33)(H,32,35). The number of para-hydroxylation sites is 1. The van der Waals surface area contributed by atoms with Crippen molar-refractivity contribution < 1.29 is 18.0 Å². The smallest absolute Gasteiger partial charge is 0.382 e. The first-order valence-corrected chi connectivity index (χ1v) is 11.9. The molecule has 0 radical (unpaired) electrons. The number of hydrogen-bond donors (Lipinski definition) is 2. The Bertz CT molecular complexity index is 1380. The van der Waals surface area contributed by atoms with Crippen molar-refractivity contribution in [1.82, 2.24) is 14.9 Å². The Morgan fingerprint density at radius 2 is 1.77 bits per heavy atom. The first kappa shape index (κ1) is 23.5. The lowest BCUT2D eigenvalue weighted by molar-refractivity contribution is -0.140. The summed E-state index contributed by atoms with van der Waals surface area (Å²) in [6.07, 6.45) is 0.298. The number of nitrogens with zero attached hydrogens (tertiary/aromatic N) is 2. The van der Waals surface area contributed by atoms with Gasteiger partial charge in [0.1, 0.15) is 12.2 Å². The zero-order valence-electron chi connectivity index (χ0n) is 18.8. The molecule has 0 bridgehead atoms. The van der Waals surface area contributed by atoms with E-state index >= 15 is 0 Å². The van der Waals surface area contributed by atoms with E-state index in [1.807, 2.05) is 41.1 Å². The monoisotopic (exact) mass is 500 g/mol. The van der Waals surface area contributed by atoms with E-state index in [0.29, 0.717) is 16.1 Å². The third-order valence-corrected chi connectivity index (χ3v) is 6.74. The highest BCUT2D eigenvalue weighted by molar-refractivity contribution is 6.31. The molecule has 5 rings (SSSR count). The Morgan fingerprint density at radius 1 is 1.03 bits per heavy atom. The van der Waals surface area contributed by atoms with Gasteiger partial charge in [-0.2, -0.15) is 13.2 Å². The molecule has 0 atom stereocenters. The van der Waals surface area contributed by atoms with Crippen LogP contribution in [0.4, 0.5) is 18.9 Å². The normalized spacial score (nSPS) is 18.6. The average Bonchev–Trinajstić information content (AvgIpc) is 3.22. The average molecular weight is 501 g/mol. The first-order valence-electron chi connectivity index (χ1n) is 11.5. The molecule has 1 saturated carbocycles. The Hall–Kier alpha value is -3.26. The van der Waals surface area contributed by atoms with Crippen molar-refractivity contribution in [2.45, 2.75) is 50.5 Å². The lowest BCUT2D eigenvalue weighted by Gasteiger charge is -2.31. The maximum Gasteiger partial charge on any atom is 0.433 e. The highest BCUT2D eigenvalue weighted by atomic mass is 35.5. The Kier molecular flexibility index (Phi) is 6.32. The fraction of sp³-hybridized carbons (Fsp3) is 0.308. The number of nitrogens with one attached hydrogen (secondary N) is 2. The molecular weight excluding hydrogens is 477 g/mol.